The minimum Gasteiger partial charge on any atom is -0.378 e. The third-order valence-electron chi connectivity index (χ3n) is 2.67. The second kappa shape index (κ2) is 6.05. The Hall–Kier alpha value is -0.0400. The van der Waals surface area contributed by atoms with Crippen molar-refractivity contribution in [1.82, 2.24) is 0 Å². The SMILES string of the molecule is CC(CC(C)(C)C)CC(C)(C)COC(C)C. The Labute approximate surface area is 103 Å². The zero-order chi connectivity index (χ0) is 13.0. The molecule has 1 unspecified atom stereocenters. The second-order valence-electron chi connectivity index (χ2n) is 7.60. The van der Waals surface area contributed by atoms with E-state index in [1.807, 2.05) is 0 Å². The van der Waals surface area contributed by atoms with Gasteiger partial charge >= 0.3 is 0 Å². The maximum absolute atomic E-state index is 5.74. The third-order valence-corrected chi connectivity index (χ3v) is 2.67. The van der Waals surface area contributed by atoms with Crippen molar-refractivity contribution in [3.8, 4) is 0 Å². The first kappa shape index (κ1) is 16.0. The Morgan fingerprint density at radius 3 is 1.75 bits per heavy atom. The maximum atomic E-state index is 5.74. The summed E-state index contributed by atoms with van der Waals surface area (Å²) in [4.78, 5) is 0. The van der Waals surface area contributed by atoms with Crippen LogP contribution in [0.25, 0.3) is 0 Å². The molecule has 0 radical (unpaired) electrons. The Bertz CT molecular complexity index is 186. The summed E-state index contributed by atoms with van der Waals surface area (Å²) >= 11 is 0. The van der Waals surface area contributed by atoms with Crippen LogP contribution in [0.5, 0.6) is 0 Å². The van der Waals surface area contributed by atoms with E-state index >= 15 is 0 Å². The van der Waals surface area contributed by atoms with Gasteiger partial charge in [-0.1, -0.05) is 41.5 Å². The van der Waals surface area contributed by atoms with Crippen LogP contribution in [0, 0.1) is 16.7 Å². The van der Waals surface area contributed by atoms with Crippen molar-refractivity contribution in [1.29, 1.82) is 0 Å². The van der Waals surface area contributed by atoms with Gasteiger partial charge < -0.3 is 4.74 Å². The quantitative estimate of drug-likeness (QED) is 0.628. The highest BCUT2D eigenvalue weighted by Gasteiger charge is 2.24. The van der Waals surface area contributed by atoms with Gasteiger partial charge in [-0.15, -0.1) is 0 Å². The number of hydrogen-bond acceptors (Lipinski definition) is 1. The zero-order valence-corrected chi connectivity index (χ0v) is 12.7. The number of rotatable bonds is 6. The van der Waals surface area contributed by atoms with Crippen molar-refractivity contribution in [2.24, 2.45) is 16.7 Å². The molecule has 0 aliphatic heterocycles. The summed E-state index contributed by atoms with van der Waals surface area (Å²) in [5, 5.41) is 0. The lowest BCUT2D eigenvalue weighted by molar-refractivity contribution is 0.0104. The van der Waals surface area contributed by atoms with Crippen LogP contribution in [-0.4, -0.2) is 12.7 Å². The van der Waals surface area contributed by atoms with Gasteiger partial charge in [0.15, 0.2) is 0 Å². The molecule has 16 heavy (non-hydrogen) atoms. The lowest BCUT2D eigenvalue weighted by Gasteiger charge is -2.31. The summed E-state index contributed by atoms with van der Waals surface area (Å²) in [5.74, 6) is 0.769. The fourth-order valence-corrected chi connectivity index (χ4v) is 2.51. The van der Waals surface area contributed by atoms with E-state index in [2.05, 4.69) is 55.4 Å². The zero-order valence-electron chi connectivity index (χ0n) is 12.7. The summed E-state index contributed by atoms with van der Waals surface area (Å²) in [7, 11) is 0. The molecular formula is C15H32O. The monoisotopic (exact) mass is 228 g/mol. The summed E-state index contributed by atoms with van der Waals surface area (Å²) in [6.45, 7) is 19.0. The van der Waals surface area contributed by atoms with Crippen LogP contribution < -0.4 is 0 Å². The van der Waals surface area contributed by atoms with E-state index in [1.165, 1.54) is 12.8 Å². The average molecular weight is 228 g/mol. The van der Waals surface area contributed by atoms with Gasteiger partial charge in [-0.25, -0.2) is 0 Å². The molecule has 0 saturated heterocycles. The van der Waals surface area contributed by atoms with E-state index in [-0.39, 0.29) is 0 Å². The molecule has 0 N–H and O–H groups in total. The van der Waals surface area contributed by atoms with Gasteiger partial charge in [-0.05, 0) is 43.4 Å². The van der Waals surface area contributed by atoms with Gasteiger partial charge in [-0.3, -0.25) is 0 Å². The first-order valence-corrected chi connectivity index (χ1v) is 6.63. The predicted molar refractivity (Wildman–Crippen MR) is 72.7 cm³/mol. The molecule has 0 rings (SSSR count). The van der Waals surface area contributed by atoms with Gasteiger partial charge in [-0.2, -0.15) is 0 Å². The molecule has 0 amide bonds. The van der Waals surface area contributed by atoms with E-state index in [0.717, 1.165) is 12.5 Å². The normalized spacial score (nSPS) is 15.6. The Balaban J connectivity index is 4.04. The van der Waals surface area contributed by atoms with Gasteiger partial charge in [0, 0.05) is 0 Å². The van der Waals surface area contributed by atoms with Crippen molar-refractivity contribution in [3.63, 3.8) is 0 Å². The molecule has 0 aromatic heterocycles. The molecule has 0 spiro atoms. The number of hydrogen-bond donors (Lipinski definition) is 0. The van der Waals surface area contributed by atoms with Crippen molar-refractivity contribution in [2.45, 2.75) is 74.3 Å². The van der Waals surface area contributed by atoms with Crippen molar-refractivity contribution < 1.29 is 4.74 Å². The highest BCUT2D eigenvalue weighted by Crippen LogP contribution is 2.33. The fraction of sp³-hybridized carbons (Fsp3) is 1.00. The van der Waals surface area contributed by atoms with E-state index in [1.54, 1.807) is 0 Å². The van der Waals surface area contributed by atoms with Crippen LogP contribution in [0.1, 0.15) is 68.2 Å². The molecule has 0 heterocycles. The van der Waals surface area contributed by atoms with Crippen LogP contribution in [0.3, 0.4) is 0 Å². The molecule has 1 heteroatoms. The predicted octanol–water partition coefficient (Wildman–Crippen LogP) is 4.90. The molecule has 1 nitrogen and oxygen atoms in total. The molecule has 0 aliphatic rings. The van der Waals surface area contributed by atoms with Gasteiger partial charge in [0.05, 0.1) is 12.7 Å². The van der Waals surface area contributed by atoms with Crippen molar-refractivity contribution >= 4 is 0 Å². The van der Waals surface area contributed by atoms with Gasteiger partial charge in [0.25, 0.3) is 0 Å². The molecule has 0 bridgehead atoms. The first-order chi connectivity index (χ1) is 7.02. The number of ether oxygens (including phenoxy) is 1. The highest BCUT2D eigenvalue weighted by atomic mass is 16.5. The Morgan fingerprint density at radius 2 is 1.38 bits per heavy atom. The van der Waals surface area contributed by atoms with Crippen LogP contribution in [0.4, 0.5) is 0 Å². The molecule has 1 atom stereocenters. The Morgan fingerprint density at radius 1 is 0.875 bits per heavy atom. The largest absolute Gasteiger partial charge is 0.378 e. The summed E-state index contributed by atoms with van der Waals surface area (Å²) in [6, 6.07) is 0. The fourth-order valence-electron chi connectivity index (χ4n) is 2.51. The van der Waals surface area contributed by atoms with E-state index in [4.69, 9.17) is 4.74 Å². The molecule has 0 saturated carbocycles. The molecule has 0 aromatic rings. The molecule has 0 aromatic carbocycles. The molecule has 0 fully saturated rings. The lowest BCUT2D eigenvalue weighted by Crippen LogP contribution is -2.25. The standard InChI is InChI=1S/C15H32O/c1-12(2)16-11-15(7,8)10-13(3)9-14(4,5)6/h12-13H,9-11H2,1-8H3. The molecular weight excluding hydrogens is 196 g/mol. The minimum atomic E-state index is 0.301. The highest BCUT2D eigenvalue weighted by molar-refractivity contribution is 4.75. The lowest BCUT2D eigenvalue weighted by atomic mass is 9.77. The van der Waals surface area contributed by atoms with E-state index < -0.39 is 0 Å². The van der Waals surface area contributed by atoms with Crippen molar-refractivity contribution in [2.75, 3.05) is 6.61 Å². The van der Waals surface area contributed by atoms with E-state index in [9.17, 15) is 0 Å². The van der Waals surface area contributed by atoms with Gasteiger partial charge in [0.1, 0.15) is 0 Å². The molecule has 0 aliphatic carbocycles. The van der Waals surface area contributed by atoms with Crippen LogP contribution in [-0.2, 0) is 4.74 Å². The topological polar surface area (TPSA) is 9.23 Å². The van der Waals surface area contributed by atoms with E-state index in [0.29, 0.717) is 16.9 Å². The first-order valence-electron chi connectivity index (χ1n) is 6.63. The van der Waals surface area contributed by atoms with Crippen LogP contribution >= 0.6 is 0 Å². The molecule has 98 valence electrons. The van der Waals surface area contributed by atoms with Crippen LogP contribution in [0.15, 0.2) is 0 Å². The second-order valence-corrected chi connectivity index (χ2v) is 7.60. The Kier molecular flexibility index (Phi) is 6.03. The summed E-state index contributed by atoms with van der Waals surface area (Å²) in [6.07, 6.45) is 2.88. The smallest absolute Gasteiger partial charge is 0.0520 e. The van der Waals surface area contributed by atoms with Crippen LogP contribution in [0.2, 0.25) is 0 Å². The van der Waals surface area contributed by atoms with Crippen molar-refractivity contribution in [3.05, 3.63) is 0 Å². The average Bonchev–Trinajstić information content (AvgIpc) is 1.95. The summed E-state index contributed by atoms with van der Waals surface area (Å²) < 4.78 is 5.74. The summed E-state index contributed by atoms with van der Waals surface area (Å²) in [5.41, 5.74) is 0.739. The third kappa shape index (κ3) is 9.21. The maximum Gasteiger partial charge on any atom is 0.0520 e. The minimum absolute atomic E-state index is 0.301. The van der Waals surface area contributed by atoms with Gasteiger partial charge in [0.2, 0.25) is 0 Å².